The van der Waals surface area contributed by atoms with Crippen molar-refractivity contribution in [2.45, 2.75) is 6.92 Å². The maximum atomic E-state index is 3.06. The van der Waals surface area contributed by atoms with Crippen LogP contribution >= 0.6 is 11.3 Å². The van der Waals surface area contributed by atoms with Crippen molar-refractivity contribution in [3.8, 4) is 0 Å². The summed E-state index contributed by atoms with van der Waals surface area (Å²) in [5, 5.41) is 3.54. The van der Waals surface area contributed by atoms with Crippen molar-refractivity contribution in [3.63, 3.8) is 0 Å². The Kier molecular flexibility index (Phi) is 1.24. The van der Waals surface area contributed by atoms with E-state index in [9.17, 15) is 0 Å². The molecule has 0 aliphatic rings. The Morgan fingerprint density at radius 1 is 1.50 bits per heavy atom. The molecule has 0 fully saturated rings. The van der Waals surface area contributed by atoms with Crippen molar-refractivity contribution >= 4 is 21.4 Å². The van der Waals surface area contributed by atoms with Gasteiger partial charge >= 0.3 is 0 Å². The smallest absolute Gasteiger partial charge is 0.0351 e. The summed E-state index contributed by atoms with van der Waals surface area (Å²) in [5.41, 5.74) is 1.37. The highest BCUT2D eigenvalue weighted by atomic mass is 32.1. The minimum Gasteiger partial charge on any atom is -0.144 e. The van der Waals surface area contributed by atoms with Crippen LogP contribution in [-0.2, 0) is 0 Å². The molecule has 1 heteroatoms. The zero-order valence-corrected chi connectivity index (χ0v) is 6.53. The van der Waals surface area contributed by atoms with Gasteiger partial charge in [-0.2, -0.15) is 0 Å². The molecule has 0 atom stereocenters. The zero-order valence-electron chi connectivity index (χ0n) is 5.72. The Labute approximate surface area is 64.1 Å². The number of hydrogen-bond acceptors (Lipinski definition) is 1. The number of rotatable bonds is 0. The minimum absolute atomic E-state index is 1.33. The SMILES string of the molecule is Cc1csc2c[c]ccc12. The molecule has 10 heavy (non-hydrogen) atoms. The summed E-state index contributed by atoms with van der Waals surface area (Å²) < 4.78 is 1.33. The molecule has 1 radical (unpaired) electrons. The molecule has 0 unspecified atom stereocenters. The van der Waals surface area contributed by atoms with Crippen LogP contribution in [0.4, 0.5) is 0 Å². The Hall–Kier alpha value is -0.820. The zero-order chi connectivity index (χ0) is 6.97. The summed E-state index contributed by atoms with van der Waals surface area (Å²) >= 11 is 1.78. The highest BCUT2D eigenvalue weighted by Crippen LogP contribution is 2.23. The van der Waals surface area contributed by atoms with Gasteiger partial charge in [0.25, 0.3) is 0 Å². The first-order valence-corrected chi connectivity index (χ1v) is 4.10. The molecule has 49 valence electrons. The Morgan fingerprint density at radius 2 is 2.40 bits per heavy atom. The third-order valence-corrected chi connectivity index (χ3v) is 2.68. The van der Waals surface area contributed by atoms with E-state index in [0.29, 0.717) is 0 Å². The van der Waals surface area contributed by atoms with Crippen LogP contribution in [0, 0.1) is 13.0 Å². The Balaban J connectivity index is 2.93. The maximum Gasteiger partial charge on any atom is 0.0351 e. The average Bonchev–Trinajstić information content (AvgIpc) is 2.34. The normalized spacial score (nSPS) is 10.5. The van der Waals surface area contributed by atoms with E-state index in [4.69, 9.17) is 0 Å². The largest absolute Gasteiger partial charge is 0.144 e. The lowest BCUT2D eigenvalue weighted by molar-refractivity contribution is 1.60. The average molecular weight is 147 g/mol. The molecule has 2 aromatic rings. The van der Waals surface area contributed by atoms with Gasteiger partial charge in [0.05, 0.1) is 0 Å². The van der Waals surface area contributed by atoms with E-state index in [1.165, 1.54) is 15.6 Å². The van der Waals surface area contributed by atoms with Crippen LogP contribution < -0.4 is 0 Å². The molecular formula is C9H7S. The summed E-state index contributed by atoms with van der Waals surface area (Å²) in [7, 11) is 0. The number of fused-ring (bicyclic) bond motifs is 1. The standard InChI is InChI=1S/C9H7S/c1-7-6-10-9-5-3-2-4-8(7)9/h2,4-6H,1H3. The monoisotopic (exact) mass is 147 g/mol. The number of aryl methyl sites for hydroxylation is 1. The lowest BCUT2D eigenvalue weighted by Gasteiger charge is -1.86. The molecule has 1 aromatic heterocycles. The predicted octanol–water partition coefficient (Wildman–Crippen LogP) is 3.01. The van der Waals surface area contributed by atoms with Gasteiger partial charge in [-0.1, -0.05) is 12.1 Å². The van der Waals surface area contributed by atoms with Crippen LogP contribution in [0.15, 0.2) is 23.6 Å². The molecule has 0 saturated heterocycles. The molecule has 0 nitrogen and oxygen atoms in total. The van der Waals surface area contributed by atoms with Crippen molar-refractivity contribution in [3.05, 3.63) is 35.2 Å². The summed E-state index contributed by atoms with van der Waals surface area (Å²) in [6.45, 7) is 2.14. The van der Waals surface area contributed by atoms with E-state index in [2.05, 4.69) is 24.4 Å². The van der Waals surface area contributed by atoms with Gasteiger partial charge in [0.15, 0.2) is 0 Å². The highest BCUT2D eigenvalue weighted by Gasteiger charge is 1.95. The second-order valence-corrected chi connectivity index (χ2v) is 3.25. The molecule has 2 rings (SSSR count). The van der Waals surface area contributed by atoms with Crippen molar-refractivity contribution in [2.75, 3.05) is 0 Å². The Morgan fingerprint density at radius 3 is 3.20 bits per heavy atom. The summed E-state index contributed by atoms with van der Waals surface area (Å²) in [6.07, 6.45) is 0. The molecule has 0 bridgehead atoms. The van der Waals surface area contributed by atoms with Crippen LogP contribution in [0.5, 0.6) is 0 Å². The molecular weight excluding hydrogens is 140 g/mol. The van der Waals surface area contributed by atoms with Crippen LogP contribution in [0.25, 0.3) is 10.1 Å². The van der Waals surface area contributed by atoms with Crippen LogP contribution in [0.1, 0.15) is 5.56 Å². The van der Waals surface area contributed by atoms with E-state index < -0.39 is 0 Å². The summed E-state index contributed by atoms with van der Waals surface area (Å²) in [6, 6.07) is 9.17. The van der Waals surface area contributed by atoms with Crippen molar-refractivity contribution < 1.29 is 0 Å². The van der Waals surface area contributed by atoms with Gasteiger partial charge < -0.3 is 0 Å². The molecule has 0 N–H and O–H groups in total. The van der Waals surface area contributed by atoms with Gasteiger partial charge in [0.1, 0.15) is 0 Å². The van der Waals surface area contributed by atoms with Gasteiger partial charge in [-0.05, 0) is 35.4 Å². The van der Waals surface area contributed by atoms with E-state index >= 15 is 0 Å². The highest BCUT2D eigenvalue weighted by molar-refractivity contribution is 7.17. The predicted molar refractivity (Wildman–Crippen MR) is 45.4 cm³/mol. The van der Waals surface area contributed by atoms with Gasteiger partial charge in [-0.15, -0.1) is 11.3 Å². The summed E-state index contributed by atoms with van der Waals surface area (Å²) in [4.78, 5) is 0. The van der Waals surface area contributed by atoms with E-state index in [0.717, 1.165) is 0 Å². The molecule has 1 aromatic carbocycles. The Bertz CT molecular complexity index is 346. The lowest BCUT2D eigenvalue weighted by Crippen LogP contribution is -1.64. The molecule has 0 saturated carbocycles. The third kappa shape index (κ3) is 0.745. The van der Waals surface area contributed by atoms with E-state index in [1.54, 1.807) is 11.3 Å². The van der Waals surface area contributed by atoms with Crippen molar-refractivity contribution in [1.29, 1.82) is 0 Å². The number of hydrogen-bond donors (Lipinski definition) is 0. The van der Waals surface area contributed by atoms with Crippen LogP contribution in [0.2, 0.25) is 0 Å². The molecule has 1 heterocycles. The van der Waals surface area contributed by atoms with Gasteiger partial charge in [-0.25, -0.2) is 0 Å². The first kappa shape index (κ1) is 5.93. The fourth-order valence-electron chi connectivity index (χ4n) is 1.05. The van der Waals surface area contributed by atoms with E-state index in [-0.39, 0.29) is 0 Å². The molecule has 0 amide bonds. The van der Waals surface area contributed by atoms with Crippen LogP contribution in [0.3, 0.4) is 0 Å². The van der Waals surface area contributed by atoms with Crippen molar-refractivity contribution in [1.82, 2.24) is 0 Å². The number of benzene rings is 1. The van der Waals surface area contributed by atoms with Gasteiger partial charge in [0.2, 0.25) is 0 Å². The fraction of sp³-hybridized carbons (Fsp3) is 0.111. The van der Waals surface area contributed by atoms with Crippen LogP contribution in [-0.4, -0.2) is 0 Å². The maximum absolute atomic E-state index is 3.06. The summed E-state index contributed by atoms with van der Waals surface area (Å²) in [5.74, 6) is 0. The minimum atomic E-state index is 1.33. The third-order valence-electron chi connectivity index (χ3n) is 1.61. The van der Waals surface area contributed by atoms with E-state index in [1.807, 2.05) is 12.1 Å². The van der Waals surface area contributed by atoms with Gasteiger partial charge in [0, 0.05) is 4.70 Å². The first-order chi connectivity index (χ1) is 4.88. The van der Waals surface area contributed by atoms with Crippen molar-refractivity contribution in [2.24, 2.45) is 0 Å². The molecule has 0 spiro atoms. The fourth-order valence-corrected chi connectivity index (χ4v) is 1.98. The first-order valence-electron chi connectivity index (χ1n) is 3.22. The molecule has 0 aliphatic carbocycles. The topological polar surface area (TPSA) is 0 Å². The molecule has 0 aliphatic heterocycles. The second-order valence-electron chi connectivity index (χ2n) is 2.34. The number of thiophene rings is 1. The van der Waals surface area contributed by atoms with Gasteiger partial charge in [-0.3, -0.25) is 0 Å². The lowest BCUT2D eigenvalue weighted by atomic mass is 10.2. The quantitative estimate of drug-likeness (QED) is 0.537. The second kappa shape index (κ2) is 2.10.